The summed E-state index contributed by atoms with van der Waals surface area (Å²) in [6, 6.07) is 0. The molecule has 0 saturated carbocycles. The summed E-state index contributed by atoms with van der Waals surface area (Å²) in [6.45, 7) is 6.78. The number of hydrogen-bond donors (Lipinski definition) is 2. The van der Waals surface area contributed by atoms with Crippen LogP contribution in [-0.2, 0) is 13.0 Å². The summed E-state index contributed by atoms with van der Waals surface area (Å²) in [5, 5.41) is 0. The van der Waals surface area contributed by atoms with Gasteiger partial charge in [0.25, 0.3) is 10.0 Å². The zero-order valence-electron chi connectivity index (χ0n) is 9.83. The van der Waals surface area contributed by atoms with Crippen LogP contribution >= 0.6 is 0 Å². The van der Waals surface area contributed by atoms with Crippen molar-refractivity contribution in [3.8, 4) is 0 Å². The van der Waals surface area contributed by atoms with E-state index in [0.29, 0.717) is 26.3 Å². The second-order valence-corrected chi connectivity index (χ2v) is 8.59. The van der Waals surface area contributed by atoms with Crippen LogP contribution in [0.1, 0.15) is 12.8 Å². The van der Waals surface area contributed by atoms with Crippen LogP contribution in [0.4, 0.5) is 0 Å². The predicted octanol–water partition coefficient (Wildman–Crippen LogP) is -0.566. The van der Waals surface area contributed by atoms with Gasteiger partial charge >= 0.3 is 8.56 Å². The molecule has 92 valence electrons. The zero-order valence-corrected chi connectivity index (χ0v) is 12.2. The summed E-state index contributed by atoms with van der Waals surface area (Å²) in [6.07, 6.45) is 1.78. The number of rotatable bonds is 10. The fourth-order valence-corrected chi connectivity index (χ4v) is 3.63. The molecule has 0 aromatic heterocycles. The molecule has 0 heterocycles. The van der Waals surface area contributed by atoms with Crippen molar-refractivity contribution in [2.75, 3.05) is 26.3 Å². The van der Waals surface area contributed by atoms with Gasteiger partial charge in [0.15, 0.2) is 0 Å². The van der Waals surface area contributed by atoms with Crippen LogP contribution in [0.3, 0.4) is 0 Å². The molecule has 0 unspecified atom stereocenters. The van der Waals surface area contributed by atoms with Crippen molar-refractivity contribution >= 4 is 18.6 Å². The SMILES string of the molecule is C[Si](C)(OCCCN)O[SiH2]OCCCN. The van der Waals surface area contributed by atoms with Gasteiger partial charge in [-0.1, -0.05) is 0 Å². The van der Waals surface area contributed by atoms with E-state index in [2.05, 4.69) is 0 Å². The lowest BCUT2D eigenvalue weighted by Gasteiger charge is -2.22. The lowest BCUT2D eigenvalue weighted by molar-refractivity contribution is 0.219. The molecule has 0 aliphatic heterocycles. The van der Waals surface area contributed by atoms with Gasteiger partial charge in [-0.25, -0.2) is 0 Å². The minimum Gasteiger partial charge on any atom is -0.419 e. The molecule has 0 amide bonds. The van der Waals surface area contributed by atoms with Gasteiger partial charge in [0.1, 0.15) is 0 Å². The van der Waals surface area contributed by atoms with Crippen molar-refractivity contribution in [1.82, 2.24) is 0 Å². The summed E-state index contributed by atoms with van der Waals surface area (Å²) in [4.78, 5) is 0. The maximum absolute atomic E-state index is 5.67. The van der Waals surface area contributed by atoms with E-state index in [1.807, 2.05) is 13.1 Å². The van der Waals surface area contributed by atoms with Crippen LogP contribution < -0.4 is 11.5 Å². The van der Waals surface area contributed by atoms with Gasteiger partial charge in [-0.2, -0.15) is 0 Å². The fraction of sp³-hybridized carbons (Fsp3) is 1.00. The normalized spacial score (nSPS) is 12.8. The number of hydrogen-bond acceptors (Lipinski definition) is 5. The van der Waals surface area contributed by atoms with Crippen molar-refractivity contribution < 1.29 is 13.0 Å². The highest BCUT2D eigenvalue weighted by molar-refractivity contribution is 6.68. The molecule has 0 aromatic carbocycles. The molecule has 15 heavy (non-hydrogen) atoms. The first-order chi connectivity index (χ1) is 7.12. The Bertz CT molecular complexity index is 150. The highest BCUT2D eigenvalue weighted by Gasteiger charge is 2.23. The lowest BCUT2D eigenvalue weighted by Crippen LogP contribution is -2.37. The third-order valence-electron chi connectivity index (χ3n) is 1.78. The quantitative estimate of drug-likeness (QED) is 0.402. The summed E-state index contributed by atoms with van der Waals surface area (Å²) in [7, 11) is -2.85. The molecule has 0 saturated heterocycles. The Kier molecular flexibility index (Phi) is 9.61. The molecule has 5 nitrogen and oxygen atoms in total. The average Bonchev–Trinajstić information content (AvgIpc) is 2.17. The van der Waals surface area contributed by atoms with Crippen molar-refractivity contribution in [2.45, 2.75) is 25.9 Å². The monoisotopic (exact) mass is 252 g/mol. The molecule has 0 aliphatic carbocycles. The van der Waals surface area contributed by atoms with Crippen molar-refractivity contribution in [3.63, 3.8) is 0 Å². The van der Waals surface area contributed by atoms with Crippen LogP contribution in [-0.4, -0.2) is 44.9 Å². The molecule has 0 radical (unpaired) electrons. The van der Waals surface area contributed by atoms with Crippen molar-refractivity contribution in [1.29, 1.82) is 0 Å². The Hall–Kier alpha value is 0.234. The van der Waals surface area contributed by atoms with Crippen LogP contribution in [0.5, 0.6) is 0 Å². The molecular weight excluding hydrogens is 228 g/mol. The van der Waals surface area contributed by atoms with E-state index in [1.54, 1.807) is 0 Å². The van der Waals surface area contributed by atoms with Gasteiger partial charge in [-0.3, -0.25) is 0 Å². The minimum atomic E-state index is -1.95. The molecule has 0 spiro atoms. The van der Waals surface area contributed by atoms with E-state index in [1.165, 1.54) is 0 Å². The third kappa shape index (κ3) is 10.5. The van der Waals surface area contributed by atoms with E-state index in [0.717, 1.165) is 12.8 Å². The maximum Gasteiger partial charge on any atom is 0.322 e. The van der Waals surface area contributed by atoms with E-state index in [9.17, 15) is 0 Å². The molecule has 0 aliphatic rings. The molecule has 0 rings (SSSR count). The standard InChI is InChI=1S/C8H24N2O3Si2/c1-15(2,12-8-4-6-10)13-14-11-7-3-5-9/h3-10,14H2,1-2H3. The van der Waals surface area contributed by atoms with Gasteiger partial charge < -0.3 is 24.4 Å². The molecule has 0 fully saturated rings. The molecule has 0 aromatic rings. The first-order valence-electron chi connectivity index (χ1n) is 5.38. The smallest absolute Gasteiger partial charge is 0.322 e. The Morgan fingerprint density at radius 3 is 2.27 bits per heavy atom. The molecule has 0 atom stereocenters. The first kappa shape index (κ1) is 15.2. The van der Waals surface area contributed by atoms with Crippen LogP contribution in [0.15, 0.2) is 0 Å². The summed E-state index contributed by atoms with van der Waals surface area (Å²) in [5.41, 5.74) is 10.7. The number of nitrogens with two attached hydrogens (primary N) is 2. The van der Waals surface area contributed by atoms with Gasteiger partial charge in [0.2, 0.25) is 0 Å². The second-order valence-electron chi connectivity index (χ2n) is 3.70. The molecule has 7 heteroatoms. The van der Waals surface area contributed by atoms with Crippen LogP contribution in [0.25, 0.3) is 0 Å². The second kappa shape index (κ2) is 9.46. The Morgan fingerprint density at radius 2 is 1.67 bits per heavy atom. The molecule has 4 N–H and O–H groups in total. The summed E-state index contributed by atoms with van der Waals surface area (Å²) < 4.78 is 16.7. The zero-order chi connectivity index (χ0) is 11.6. The molecular formula is C8H24N2O3Si2. The Balaban J connectivity index is 3.38. The largest absolute Gasteiger partial charge is 0.419 e. The van der Waals surface area contributed by atoms with Crippen LogP contribution in [0, 0.1) is 0 Å². The van der Waals surface area contributed by atoms with Gasteiger partial charge in [-0.15, -0.1) is 0 Å². The first-order valence-corrected chi connectivity index (χ1v) is 9.35. The predicted molar refractivity (Wildman–Crippen MR) is 66.4 cm³/mol. The summed E-state index contributed by atoms with van der Waals surface area (Å²) in [5.74, 6) is 0. The maximum atomic E-state index is 5.67. The average molecular weight is 252 g/mol. The summed E-state index contributed by atoms with van der Waals surface area (Å²) >= 11 is 0. The van der Waals surface area contributed by atoms with Gasteiger partial charge in [0.05, 0.1) is 0 Å². The third-order valence-corrected chi connectivity index (χ3v) is 6.39. The van der Waals surface area contributed by atoms with E-state index in [4.69, 9.17) is 24.4 Å². The van der Waals surface area contributed by atoms with Gasteiger partial charge in [-0.05, 0) is 39.0 Å². The van der Waals surface area contributed by atoms with E-state index >= 15 is 0 Å². The highest BCUT2D eigenvalue weighted by atomic mass is 28.4. The highest BCUT2D eigenvalue weighted by Crippen LogP contribution is 2.05. The fourth-order valence-electron chi connectivity index (χ4n) is 0.871. The van der Waals surface area contributed by atoms with Gasteiger partial charge in [0, 0.05) is 13.2 Å². The van der Waals surface area contributed by atoms with Crippen molar-refractivity contribution in [2.24, 2.45) is 11.5 Å². The lowest BCUT2D eigenvalue weighted by atomic mass is 10.5. The van der Waals surface area contributed by atoms with Crippen LogP contribution in [0.2, 0.25) is 13.1 Å². The Labute approximate surface area is 95.8 Å². The van der Waals surface area contributed by atoms with Crippen molar-refractivity contribution in [3.05, 3.63) is 0 Å². The minimum absolute atomic E-state index is 0.662. The Morgan fingerprint density at radius 1 is 1.07 bits per heavy atom. The molecule has 0 bridgehead atoms. The topological polar surface area (TPSA) is 79.7 Å². The van der Waals surface area contributed by atoms with E-state index < -0.39 is 18.6 Å². The van der Waals surface area contributed by atoms with E-state index in [-0.39, 0.29) is 0 Å².